The number of benzene rings is 2. The monoisotopic (exact) mass is 462 g/mol. The molecule has 0 spiro atoms. The van der Waals surface area contributed by atoms with Crippen LogP contribution in [0.15, 0.2) is 83.3 Å². The van der Waals surface area contributed by atoms with E-state index in [9.17, 15) is 4.79 Å². The second kappa shape index (κ2) is 10.2. The van der Waals surface area contributed by atoms with Crippen LogP contribution < -0.4 is 5.43 Å². The quantitative estimate of drug-likeness (QED) is 0.248. The predicted octanol–water partition coefficient (Wildman–Crippen LogP) is 4.53. The summed E-state index contributed by atoms with van der Waals surface area (Å²) in [5.41, 5.74) is 6.31. The van der Waals surface area contributed by atoms with Crippen LogP contribution in [0.25, 0.3) is 17.1 Å². The summed E-state index contributed by atoms with van der Waals surface area (Å²) in [5, 5.41) is 13.9. The molecule has 4 aromatic rings. The van der Waals surface area contributed by atoms with E-state index in [4.69, 9.17) is 11.6 Å². The molecule has 2 aromatic heterocycles. The number of pyridine rings is 1. The molecule has 160 valence electrons. The molecule has 0 aliphatic heterocycles. The predicted molar refractivity (Wildman–Crippen MR) is 127 cm³/mol. The van der Waals surface area contributed by atoms with Crippen LogP contribution in [0, 0.1) is 6.92 Å². The fourth-order valence-electron chi connectivity index (χ4n) is 2.87. The Bertz CT molecular complexity index is 1220. The minimum atomic E-state index is -0.247. The summed E-state index contributed by atoms with van der Waals surface area (Å²) in [7, 11) is 0. The number of hydrogen-bond donors (Lipinski definition) is 1. The molecule has 1 amide bonds. The molecule has 2 heterocycles. The third-order valence-corrected chi connectivity index (χ3v) is 5.65. The van der Waals surface area contributed by atoms with Crippen LogP contribution in [0.5, 0.6) is 0 Å². The number of carbonyl (C=O) groups is 1. The third kappa shape index (κ3) is 5.40. The number of aryl methyl sites for hydroxylation is 1. The van der Waals surface area contributed by atoms with E-state index in [1.807, 2.05) is 60.0 Å². The van der Waals surface area contributed by atoms with Gasteiger partial charge in [0.05, 0.1) is 12.0 Å². The number of thioether (sulfide) groups is 1. The molecule has 1 N–H and O–H groups in total. The number of nitrogens with one attached hydrogen (secondary N) is 1. The van der Waals surface area contributed by atoms with Gasteiger partial charge in [0.15, 0.2) is 11.0 Å². The van der Waals surface area contributed by atoms with Gasteiger partial charge in [0.25, 0.3) is 5.91 Å². The number of halogens is 1. The molecule has 0 saturated heterocycles. The Labute approximate surface area is 194 Å². The number of carbonyl (C=O) groups excluding carboxylic acids is 1. The zero-order chi connectivity index (χ0) is 22.3. The summed E-state index contributed by atoms with van der Waals surface area (Å²) in [5.74, 6) is 0.571. The smallest absolute Gasteiger partial charge is 0.250 e. The van der Waals surface area contributed by atoms with Crippen LogP contribution in [0.4, 0.5) is 0 Å². The van der Waals surface area contributed by atoms with Gasteiger partial charge in [-0.15, -0.1) is 10.2 Å². The van der Waals surface area contributed by atoms with Gasteiger partial charge < -0.3 is 0 Å². The molecule has 9 heteroatoms. The van der Waals surface area contributed by atoms with Gasteiger partial charge in [0.1, 0.15) is 0 Å². The standard InChI is InChI=1S/C23H19ClN6OS/c1-16-2-4-18(5-3-16)22-28-29-23(30(22)20-8-6-19(24)7-9-20)32-15-21(31)27-26-14-17-10-12-25-13-11-17/h2-14H,15H2,1H3,(H,27,31)/b26-14-. The minimum absolute atomic E-state index is 0.132. The fraction of sp³-hybridized carbons (Fsp3) is 0.0870. The highest BCUT2D eigenvalue weighted by atomic mass is 35.5. The second-order valence-electron chi connectivity index (χ2n) is 6.85. The number of amides is 1. The average Bonchev–Trinajstić information content (AvgIpc) is 3.23. The lowest BCUT2D eigenvalue weighted by atomic mass is 10.1. The normalized spacial score (nSPS) is 11.1. The number of rotatable bonds is 7. The Morgan fingerprint density at radius 2 is 1.78 bits per heavy atom. The number of aromatic nitrogens is 4. The molecule has 0 atom stereocenters. The van der Waals surface area contributed by atoms with E-state index in [-0.39, 0.29) is 11.7 Å². The van der Waals surface area contributed by atoms with E-state index >= 15 is 0 Å². The van der Waals surface area contributed by atoms with Crippen LogP contribution in [0.1, 0.15) is 11.1 Å². The van der Waals surface area contributed by atoms with E-state index in [2.05, 4.69) is 25.7 Å². The summed E-state index contributed by atoms with van der Waals surface area (Å²) in [6, 6.07) is 19.1. The van der Waals surface area contributed by atoms with Crippen LogP contribution in [-0.4, -0.2) is 37.6 Å². The highest BCUT2D eigenvalue weighted by Gasteiger charge is 2.17. The van der Waals surface area contributed by atoms with Crippen molar-refractivity contribution in [3.05, 3.63) is 89.2 Å². The average molecular weight is 463 g/mol. The Hall–Kier alpha value is -3.49. The Morgan fingerprint density at radius 3 is 2.50 bits per heavy atom. The van der Waals surface area contributed by atoms with Gasteiger partial charge in [0, 0.05) is 28.7 Å². The third-order valence-electron chi connectivity index (χ3n) is 4.47. The highest BCUT2D eigenvalue weighted by molar-refractivity contribution is 7.99. The van der Waals surface area contributed by atoms with Crippen molar-refractivity contribution in [1.29, 1.82) is 0 Å². The molecule has 2 aromatic carbocycles. The van der Waals surface area contributed by atoms with Gasteiger partial charge in [-0.05, 0) is 48.9 Å². The summed E-state index contributed by atoms with van der Waals surface area (Å²) in [6.07, 6.45) is 4.89. The molecule has 4 rings (SSSR count). The highest BCUT2D eigenvalue weighted by Crippen LogP contribution is 2.28. The first kappa shape index (κ1) is 21.7. The maximum absolute atomic E-state index is 12.3. The van der Waals surface area contributed by atoms with Crippen molar-refractivity contribution in [3.8, 4) is 17.1 Å². The lowest BCUT2D eigenvalue weighted by molar-refractivity contribution is -0.118. The number of hydrogen-bond acceptors (Lipinski definition) is 6. The van der Waals surface area contributed by atoms with Crippen molar-refractivity contribution in [2.45, 2.75) is 12.1 Å². The molecule has 0 bridgehead atoms. The minimum Gasteiger partial charge on any atom is -0.272 e. The van der Waals surface area contributed by atoms with Gasteiger partial charge in [-0.2, -0.15) is 5.10 Å². The molecule has 0 aliphatic rings. The molecule has 0 fully saturated rings. The topological polar surface area (TPSA) is 85.1 Å². The zero-order valence-corrected chi connectivity index (χ0v) is 18.7. The summed E-state index contributed by atoms with van der Waals surface area (Å²) in [4.78, 5) is 16.2. The Kier molecular flexibility index (Phi) is 6.94. The van der Waals surface area contributed by atoms with Crippen molar-refractivity contribution in [1.82, 2.24) is 25.2 Å². The van der Waals surface area contributed by atoms with Crippen LogP contribution in [-0.2, 0) is 4.79 Å². The SMILES string of the molecule is Cc1ccc(-c2nnc(SCC(=O)N/N=C\c3ccncc3)n2-c2ccc(Cl)cc2)cc1. The molecule has 0 unspecified atom stereocenters. The Morgan fingerprint density at radius 1 is 1.06 bits per heavy atom. The van der Waals surface area contributed by atoms with Crippen molar-refractivity contribution in [3.63, 3.8) is 0 Å². The second-order valence-corrected chi connectivity index (χ2v) is 8.23. The van der Waals surface area contributed by atoms with Gasteiger partial charge in [0.2, 0.25) is 0 Å². The fourth-order valence-corrected chi connectivity index (χ4v) is 3.74. The number of hydrazone groups is 1. The largest absolute Gasteiger partial charge is 0.272 e. The van der Waals surface area contributed by atoms with E-state index in [1.165, 1.54) is 11.8 Å². The van der Waals surface area contributed by atoms with E-state index in [1.54, 1.807) is 30.7 Å². The lowest BCUT2D eigenvalue weighted by Gasteiger charge is -2.10. The molecule has 0 aliphatic carbocycles. The van der Waals surface area contributed by atoms with Crippen molar-refractivity contribution >= 4 is 35.5 Å². The van der Waals surface area contributed by atoms with Crippen molar-refractivity contribution in [2.75, 3.05) is 5.75 Å². The summed E-state index contributed by atoms with van der Waals surface area (Å²) >= 11 is 7.35. The Balaban J connectivity index is 1.53. The summed E-state index contributed by atoms with van der Waals surface area (Å²) < 4.78 is 1.92. The van der Waals surface area contributed by atoms with Crippen LogP contribution >= 0.6 is 23.4 Å². The van der Waals surface area contributed by atoms with Gasteiger partial charge in [-0.3, -0.25) is 14.3 Å². The van der Waals surface area contributed by atoms with E-state index in [0.717, 1.165) is 22.4 Å². The molecular formula is C23H19ClN6OS. The first-order valence-corrected chi connectivity index (χ1v) is 11.1. The van der Waals surface area contributed by atoms with Gasteiger partial charge in [-0.25, -0.2) is 5.43 Å². The maximum Gasteiger partial charge on any atom is 0.250 e. The summed E-state index contributed by atoms with van der Waals surface area (Å²) in [6.45, 7) is 2.03. The van der Waals surface area contributed by atoms with Crippen LogP contribution in [0.3, 0.4) is 0 Å². The van der Waals surface area contributed by atoms with Crippen LogP contribution in [0.2, 0.25) is 5.02 Å². The van der Waals surface area contributed by atoms with Crippen molar-refractivity contribution < 1.29 is 4.79 Å². The molecular weight excluding hydrogens is 444 g/mol. The van der Waals surface area contributed by atoms with Crippen molar-refractivity contribution in [2.24, 2.45) is 5.10 Å². The molecule has 0 radical (unpaired) electrons. The van der Waals surface area contributed by atoms with E-state index < -0.39 is 0 Å². The zero-order valence-electron chi connectivity index (χ0n) is 17.1. The molecule has 32 heavy (non-hydrogen) atoms. The van der Waals surface area contributed by atoms with Gasteiger partial charge >= 0.3 is 0 Å². The number of nitrogens with zero attached hydrogens (tertiary/aromatic N) is 5. The lowest BCUT2D eigenvalue weighted by Crippen LogP contribution is -2.20. The first-order chi connectivity index (χ1) is 15.6. The maximum atomic E-state index is 12.3. The first-order valence-electron chi connectivity index (χ1n) is 9.73. The molecule has 0 saturated carbocycles. The van der Waals surface area contributed by atoms with E-state index in [0.29, 0.717) is 16.0 Å². The molecule has 7 nitrogen and oxygen atoms in total. The van der Waals surface area contributed by atoms with Gasteiger partial charge in [-0.1, -0.05) is 53.2 Å².